The molecule has 0 saturated heterocycles. The van der Waals surface area contributed by atoms with Gasteiger partial charge >= 0.3 is 5.97 Å². The Morgan fingerprint density at radius 3 is 2.38 bits per heavy atom. The summed E-state index contributed by atoms with van der Waals surface area (Å²) in [6.45, 7) is 5.51. The van der Waals surface area contributed by atoms with Crippen LogP contribution in [0, 0.1) is 11.8 Å². The Balaban J connectivity index is 2.14. The minimum Gasteiger partial charge on any atom is -0.504 e. The Kier molecular flexibility index (Phi) is 5.71. The number of rotatable bonds is 4. The van der Waals surface area contributed by atoms with Crippen LogP contribution in [0.3, 0.4) is 0 Å². The predicted octanol–water partition coefficient (Wildman–Crippen LogP) is 4.25. The van der Waals surface area contributed by atoms with Crippen molar-refractivity contribution < 1.29 is 38.3 Å². The maximum absolute atomic E-state index is 12.0. The summed E-state index contributed by atoms with van der Waals surface area (Å²) in [6, 6.07) is 3.68. The molecule has 1 aliphatic carbocycles. The van der Waals surface area contributed by atoms with Crippen LogP contribution < -0.4 is 23.7 Å². The molecule has 0 amide bonds. The van der Waals surface area contributed by atoms with Crippen LogP contribution in [0.5, 0.6) is 34.5 Å². The number of carbonyl (C=O) groups is 1. The maximum Gasteiger partial charge on any atom is 0.303 e. The lowest BCUT2D eigenvalue weighted by Crippen LogP contribution is -2.26. The Bertz CT molecular complexity index is 1060. The molecule has 32 heavy (non-hydrogen) atoms. The normalized spacial score (nSPS) is 21.0. The summed E-state index contributed by atoms with van der Waals surface area (Å²) in [7, 11) is 4.64. The van der Waals surface area contributed by atoms with Crippen molar-refractivity contribution in [2.45, 2.75) is 33.3 Å². The standard InChI is InChI=1S/C24H28O8/c1-11-7-14-8-16(27-4)23(28-5)24(29-6)18(14)19-15(21(12(11)2)32-13(3)25)9-17-22(20(19)26)31-10-30-17/h8-9,11-12,21,26H,7,10H2,1-6H3. The smallest absolute Gasteiger partial charge is 0.303 e. The number of phenolic OH excluding ortho intramolecular Hbond substituents is 1. The first-order valence-electron chi connectivity index (χ1n) is 10.5. The molecule has 3 atom stereocenters. The van der Waals surface area contributed by atoms with E-state index in [0.29, 0.717) is 46.1 Å². The summed E-state index contributed by atoms with van der Waals surface area (Å²) in [5, 5.41) is 11.4. The number of fused-ring (bicyclic) bond motifs is 4. The van der Waals surface area contributed by atoms with Crippen molar-refractivity contribution in [1.82, 2.24) is 0 Å². The van der Waals surface area contributed by atoms with Gasteiger partial charge in [-0.05, 0) is 30.0 Å². The molecule has 0 aromatic heterocycles. The highest BCUT2D eigenvalue weighted by molar-refractivity contribution is 5.88. The number of hydrogen-bond acceptors (Lipinski definition) is 8. The lowest BCUT2D eigenvalue weighted by Gasteiger charge is -2.34. The van der Waals surface area contributed by atoms with Gasteiger partial charge in [0.15, 0.2) is 23.0 Å². The largest absolute Gasteiger partial charge is 0.504 e. The first-order valence-corrected chi connectivity index (χ1v) is 10.5. The lowest BCUT2D eigenvalue weighted by atomic mass is 9.76. The van der Waals surface area contributed by atoms with Crippen LogP contribution in [0.1, 0.15) is 38.0 Å². The number of ether oxygens (including phenoxy) is 6. The summed E-state index contributed by atoms with van der Waals surface area (Å²) in [6.07, 6.45) is 0.0297. The molecule has 2 aromatic rings. The van der Waals surface area contributed by atoms with Gasteiger partial charge in [-0.25, -0.2) is 0 Å². The zero-order valence-electron chi connectivity index (χ0n) is 19.1. The molecule has 4 rings (SSSR count). The monoisotopic (exact) mass is 444 g/mol. The van der Waals surface area contributed by atoms with Gasteiger partial charge in [0.25, 0.3) is 0 Å². The van der Waals surface area contributed by atoms with Crippen molar-refractivity contribution in [3.63, 3.8) is 0 Å². The van der Waals surface area contributed by atoms with Gasteiger partial charge in [0, 0.05) is 29.5 Å². The van der Waals surface area contributed by atoms with E-state index in [1.807, 2.05) is 13.0 Å². The van der Waals surface area contributed by atoms with E-state index in [2.05, 4.69) is 6.92 Å². The minimum atomic E-state index is -0.608. The summed E-state index contributed by atoms with van der Waals surface area (Å²) in [5.74, 6) is 1.57. The Hall–Kier alpha value is -3.29. The second-order valence-corrected chi connectivity index (χ2v) is 8.17. The number of hydrogen-bond donors (Lipinski definition) is 1. The van der Waals surface area contributed by atoms with Crippen molar-refractivity contribution in [2.24, 2.45) is 11.8 Å². The van der Waals surface area contributed by atoms with Gasteiger partial charge in [0.2, 0.25) is 18.3 Å². The van der Waals surface area contributed by atoms with E-state index in [4.69, 9.17) is 28.4 Å². The van der Waals surface area contributed by atoms with Crippen LogP contribution in [0.4, 0.5) is 0 Å². The highest BCUT2D eigenvalue weighted by atomic mass is 16.7. The number of methoxy groups -OCH3 is 3. The van der Waals surface area contributed by atoms with Crippen LogP contribution in [0.2, 0.25) is 0 Å². The highest BCUT2D eigenvalue weighted by Crippen LogP contribution is 2.58. The van der Waals surface area contributed by atoms with Gasteiger partial charge in [0.05, 0.1) is 21.3 Å². The van der Waals surface area contributed by atoms with Gasteiger partial charge in [-0.3, -0.25) is 4.79 Å². The van der Waals surface area contributed by atoms with Crippen LogP contribution >= 0.6 is 0 Å². The first kappa shape index (κ1) is 21.9. The molecule has 8 heteroatoms. The van der Waals surface area contributed by atoms with Crippen LogP contribution in [-0.4, -0.2) is 39.2 Å². The summed E-state index contributed by atoms with van der Waals surface area (Å²) in [5.41, 5.74) is 2.64. The van der Waals surface area contributed by atoms with Gasteiger partial charge in [-0.1, -0.05) is 13.8 Å². The Morgan fingerprint density at radius 1 is 1.03 bits per heavy atom. The molecule has 0 radical (unpaired) electrons. The topological polar surface area (TPSA) is 92.7 Å². The molecule has 3 unspecified atom stereocenters. The van der Waals surface area contributed by atoms with E-state index in [1.165, 1.54) is 21.1 Å². The van der Waals surface area contributed by atoms with Gasteiger partial charge in [-0.15, -0.1) is 0 Å². The van der Waals surface area contributed by atoms with Gasteiger partial charge in [-0.2, -0.15) is 0 Å². The summed E-state index contributed by atoms with van der Waals surface area (Å²) < 4.78 is 33.9. The third kappa shape index (κ3) is 3.34. The maximum atomic E-state index is 12.0. The lowest BCUT2D eigenvalue weighted by molar-refractivity contribution is -0.150. The van der Waals surface area contributed by atoms with Crippen LogP contribution in [0.25, 0.3) is 11.1 Å². The second-order valence-electron chi connectivity index (χ2n) is 8.17. The van der Waals surface area contributed by atoms with Crippen molar-refractivity contribution in [3.05, 3.63) is 23.3 Å². The minimum absolute atomic E-state index is 0.00803. The fraction of sp³-hybridized carbons (Fsp3) is 0.458. The molecule has 2 aliphatic rings. The van der Waals surface area contributed by atoms with E-state index in [-0.39, 0.29) is 30.1 Å². The number of esters is 1. The molecule has 0 fully saturated rings. The van der Waals surface area contributed by atoms with Crippen molar-refractivity contribution >= 4 is 5.97 Å². The number of carbonyl (C=O) groups excluding carboxylic acids is 1. The summed E-state index contributed by atoms with van der Waals surface area (Å²) in [4.78, 5) is 12.0. The predicted molar refractivity (Wildman–Crippen MR) is 116 cm³/mol. The molecule has 0 bridgehead atoms. The van der Waals surface area contributed by atoms with Crippen molar-refractivity contribution in [2.75, 3.05) is 28.1 Å². The quantitative estimate of drug-likeness (QED) is 0.700. The molecule has 172 valence electrons. The van der Waals surface area contributed by atoms with E-state index >= 15 is 0 Å². The third-order valence-electron chi connectivity index (χ3n) is 6.35. The zero-order valence-corrected chi connectivity index (χ0v) is 19.1. The van der Waals surface area contributed by atoms with Crippen molar-refractivity contribution in [1.29, 1.82) is 0 Å². The molecule has 2 aromatic carbocycles. The van der Waals surface area contributed by atoms with Gasteiger partial charge < -0.3 is 33.5 Å². The number of aromatic hydroxyl groups is 1. The molecule has 0 saturated carbocycles. The van der Waals surface area contributed by atoms with E-state index in [0.717, 1.165) is 5.56 Å². The average Bonchev–Trinajstić information content (AvgIpc) is 3.24. The Morgan fingerprint density at radius 2 is 1.75 bits per heavy atom. The molecule has 8 nitrogen and oxygen atoms in total. The number of phenols is 1. The van der Waals surface area contributed by atoms with Crippen LogP contribution in [0.15, 0.2) is 12.1 Å². The molecule has 0 spiro atoms. The molecule has 1 N–H and O–H groups in total. The summed E-state index contributed by atoms with van der Waals surface area (Å²) >= 11 is 0. The Labute approximate surface area is 186 Å². The molecular weight excluding hydrogens is 416 g/mol. The third-order valence-corrected chi connectivity index (χ3v) is 6.35. The van der Waals surface area contributed by atoms with Crippen molar-refractivity contribution in [3.8, 4) is 45.6 Å². The fourth-order valence-electron chi connectivity index (χ4n) is 4.64. The van der Waals surface area contributed by atoms with E-state index in [9.17, 15) is 9.90 Å². The average molecular weight is 444 g/mol. The van der Waals surface area contributed by atoms with Gasteiger partial charge in [0.1, 0.15) is 6.10 Å². The fourth-order valence-corrected chi connectivity index (χ4v) is 4.64. The SMILES string of the molecule is COc1cc2c(c(OC)c1OC)-c1c(cc3c(c1O)OCO3)C(OC(C)=O)C(C)C(C)C2. The molecular formula is C24H28O8. The molecule has 1 aliphatic heterocycles. The first-order chi connectivity index (χ1) is 15.3. The molecule has 1 heterocycles. The van der Waals surface area contributed by atoms with Crippen LogP contribution in [-0.2, 0) is 16.0 Å². The van der Waals surface area contributed by atoms with E-state index < -0.39 is 12.1 Å². The second kappa shape index (κ2) is 8.33. The number of benzene rings is 2. The van der Waals surface area contributed by atoms with E-state index in [1.54, 1.807) is 13.2 Å². The zero-order chi connectivity index (χ0) is 23.2. The highest BCUT2D eigenvalue weighted by Gasteiger charge is 2.39.